The van der Waals surface area contributed by atoms with E-state index in [9.17, 15) is 5.26 Å². The van der Waals surface area contributed by atoms with Crippen molar-refractivity contribution < 1.29 is 9.47 Å². The van der Waals surface area contributed by atoms with Gasteiger partial charge in [-0.2, -0.15) is 5.26 Å². The van der Waals surface area contributed by atoms with E-state index in [-0.39, 0.29) is 0 Å². The Labute approximate surface area is 251 Å². The number of nitriles is 1. The fraction of sp³-hybridized carbons (Fsp3) is 0.400. The Hall–Kier alpha value is -3.67. The molecule has 0 aliphatic carbocycles. The summed E-state index contributed by atoms with van der Waals surface area (Å²) in [5, 5.41) is 10.3. The van der Waals surface area contributed by atoms with Gasteiger partial charge in [0, 0.05) is 71.0 Å². The first-order valence-corrected chi connectivity index (χ1v) is 15.1. The maximum absolute atomic E-state index is 10.3. The molecule has 2 saturated heterocycles. The number of allylic oxidation sites excluding steroid dienone is 1. The molecule has 2 heterocycles. The zero-order valence-corrected chi connectivity index (χ0v) is 25.0. The lowest BCUT2D eigenvalue weighted by atomic mass is 9.90. The summed E-state index contributed by atoms with van der Waals surface area (Å²) in [5.41, 5.74) is 4.39. The molecule has 0 spiro atoms. The topological polar surface area (TPSA) is 55.2 Å². The predicted molar refractivity (Wildman–Crippen MR) is 170 cm³/mol. The highest BCUT2D eigenvalue weighted by molar-refractivity contribution is 6.03. The van der Waals surface area contributed by atoms with Gasteiger partial charge in [-0.15, -0.1) is 0 Å². The Kier molecular flexibility index (Phi) is 10.6. The Bertz CT molecular complexity index is 1250. The third kappa shape index (κ3) is 8.21. The molecule has 0 N–H and O–H groups in total. The lowest BCUT2D eigenvalue weighted by Gasteiger charge is -2.32. The van der Waals surface area contributed by atoms with Gasteiger partial charge >= 0.3 is 0 Å². The minimum atomic E-state index is 0.642. The molecule has 5 rings (SSSR count). The van der Waals surface area contributed by atoms with Crippen LogP contribution in [0, 0.1) is 11.3 Å². The number of likely N-dealkylation sites (N-methyl/N-ethyl adjacent to an activating group) is 2. The summed E-state index contributed by atoms with van der Waals surface area (Å²) in [4.78, 5) is 9.63. The lowest BCUT2D eigenvalue weighted by molar-refractivity contribution is 0.133. The predicted octanol–water partition coefficient (Wildman–Crippen LogP) is 4.42. The van der Waals surface area contributed by atoms with Crippen LogP contribution in [-0.2, 0) is 0 Å². The molecule has 2 aliphatic rings. The summed E-state index contributed by atoms with van der Waals surface area (Å²) in [5.74, 6) is 1.68. The normalized spacial score (nSPS) is 17.0. The highest BCUT2D eigenvalue weighted by Crippen LogP contribution is 2.34. The van der Waals surface area contributed by atoms with E-state index < -0.39 is 0 Å². The van der Waals surface area contributed by atoms with Gasteiger partial charge in [0.1, 0.15) is 30.8 Å². The Morgan fingerprint density at radius 3 is 1.43 bits per heavy atom. The van der Waals surface area contributed by atoms with Crippen molar-refractivity contribution in [2.24, 2.45) is 0 Å². The van der Waals surface area contributed by atoms with Crippen molar-refractivity contribution in [1.29, 1.82) is 5.26 Å². The van der Waals surface area contributed by atoms with Crippen molar-refractivity contribution in [3.63, 3.8) is 0 Å². The lowest BCUT2D eigenvalue weighted by Crippen LogP contribution is -2.45. The van der Waals surface area contributed by atoms with Crippen molar-refractivity contribution >= 4 is 11.1 Å². The average Bonchev–Trinajstić information content (AvgIpc) is 3.03. The van der Waals surface area contributed by atoms with Crippen molar-refractivity contribution in [3.8, 4) is 17.6 Å². The van der Waals surface area contributed by atoms with Gasteiger partial charge < -0.3 is 19.3 Å². The van der Waals surface area contributed by atoms with Gasteiger partial charge in [-0.3, -0.25) is 9.80 Å². The zero-order chi connectivity index (χ0) is 29.1. The van der Waals surface area contributed by atoms with Gasteiger partial charge in [-0.25, -0.2) is 0 Å². The largest absolute Gasteiger partial charge is 0.492 e. The first-order chi connectivity index (χ1) is 20.6. The summed E-state index contributed by atoms with van der Waals surface area (Å²) >= 11 is 0. The molecular weight excluding hydrogens is 522 g/mol. The Balaban J connectivity index is 1.28. The summed E-state index contributed by atoms with van der Waals surface area (Å²) in [6.45, 7) is 12.0. The van der Waals surface area contributed by atoms with Gasteiger partial charge in [-0.05, 0) is 55.1 Å². The van der Waals surface area contributed by atoms with E-state index in [4.69, 9.17) is 9.47 Å². The van der Waals surface area contributed by atoms with Gasteiger partial charge in [0.25, 0.3) is 0 Å². The molecule has 0 unspecified atom stereocenters. The molecule has 3 aromatic carbocycles. The van der Waals surface area contributed by atoms with Crippen LogP contribution in [0.3, 0.4) is 0 Å². The number of nitrogens with zero attached hydrogens (tertiary/aromatic N) is 5. The summed E-state index contributed by atoms with van der Waals surface area (Å²) in [6.07, 6.45) is 0. The maximum atomic E-state index is 10.3. The van der Waals surface area contributed by atoms with E-state index in [1.165, 1.54) is 0 Å². The van der Waals surface area contributed by atoms with Crippen molar-refractivity contribution in [3.05, 3.63) is 95.6 Å². The first-order valence-electron chi connectivity index (χ1n) is 15.1. The van der Waals surface area contributed by atoms with Crippen LogP contribution < -0.4 is 9.47 Å². The third-order valence-corrected chi connectivity index (χ3v) is 8.25. The average molecular weight is 566 g/mol. The molecular formula is C35H43N5O2. The molecule has 0 atom stereocenters. The van der Waals surface area contributed by atoms with E-state index in [1.54, 1.807) is 0 Å². The van der Waals surface area contributed by atoms with E-state index in [1.807, 2.05) is 54.6 Å². The second kappa shape index (κ2) is 15.0. The molecule has 42 heavy (non-hydrogen) atoms. The van der Waals surface area contributed by atoms with Crippen LogP contribution in [0.25, 0.3) is 11.1 Å². The van der Waals surface area contributed by atoms with Crippen molar-refractivity contribution in [2.75, 3.05) is 92.8 Å². The van der Waals surface area contributed by atoms with Crippen molar-refractivity contribution in [2.45, 2.75) is 0 Å². The number of hydrogen-bond donors (Lipinski definition) is 0. The molecule has 220 valence electrons. The van der Waals surface area contributed by atoms with Gasteiger partial charge in [-0.1, -0.05) is 54.6 Å². The fourth-order valence-corrected chi connectivity index (χ4v) is 5.49. The molecule has 2 aliphatic heterocycles. The quantitative estimate of drug-likeness (QED) is 0.252. The van der Waals surface area contributed by atoms with Gasteiger partial charge in [0.05, 0.1) is 5.57 Å². The molecule has 0 saturated carbocycles. The fourth-order valence-electron chi connectivity index (χ4n) is 5.49. The van der Waals surface area contributed by atoms with Crippen molar-refractivity contribution in [1.82, 2.24) is 19.6 Å². The number of piperazine rings is 2. The molecule has 0 bridgehead atoms. The van der Waals surface area contributed by atoms with E-state index >= 15 is 0 Å². The molecule has 0 radical (unpaired) electrons. The van der Waals surface area contributed by atoms with Gasteiger partial charge in [0.15, 0.2) is 0 Å². The molecule has 0 aromatic heterocycles. The van der Waals surface area contributed by atoms with Crippen LogP contribution in [0.1, 0.15) is 16.7 Å². The van der Waals surface area contributed by atoms with Crippen LogP contribution in [0.4, 0.5) is 0 Å². The maximum Gasteiger partial charge on any atom is 0.119 e. The van der Waals surface area contributed by atoms with E-state index in [0.29, 0.717) is 18.8 Å². The molecule has 7 nitrogen and oxygen atoms in total. The molecule has 0 amide bonds. The summed E-state index contributed by atoms with van der Waals surface area (Å²) in [7, 11) is 4.35. The molecule has 7 heteroatoms. The second-order valence-electron chi connectivity index (χ2n) is 11.3. The molecule has 3 aromatic rings. The smallest absolute Gasteiger partial charge is 0.119 e. The highest BCUT2D eigenvalue weighted by Gasteiger charge is 2.17. The standard InChI is InChI=1S/C35H43N5O2/c1-37-16-20-39(21-17-37)24-26-41-32-12-8-30(9-13-32)35(34(28-36)29-6-4-3-5-7-29)31-10-14-33(15-11-31)42-27-25-40-22-18-38(2)19-23-40/h3-15H,16-27H2,1-2H3. The molecule has 2 fully saturated rings. The van der Waals surface area contributed by atoms with E-state index in [0.717, 1.165) is 99.2 Å². The van der Waals surface area contributed by atoms with Crippen LogP contribution in [0.2, 0.25) is 0 Å². The van der Waals surface area contributed by atoms with Crippen LogP contribution in [0.15, 0.2) is 78.9 Å². The number of hydrogen-bond acceptors (Lipinski definition) is 7. The van der Waals surface area contributed by atoms with Crippen LogP contribution in [-0.4, -0.2) is 112 Å². The van der Waals surface area contributed by atoms with Crippen LogP contribution in [0.5, 0.6) is 11.5 Å². The minimum absolute atomic E-state index is 0.642. The Morgan fingerprint density at radius 1 is 0.595 bits per heavy atom. The second-order valence-corrected chi connectivity index (χ2v) is 11.3. The van der Waals surface area contributed by atoms with E-state index in [2.05, 4.69) is 64.0 Å². The minimum Gasteiger partial charge on any atom is -0.492 e. The third-order valence-electron chi connectivity index (χ3n) is 8.25. The SMILES string of the molecule is CN1CCN(CCOc2ccc(C(=C(C#N)c3ccccc3)c3ccc(OCCN4CCN(C)CC4)cc3)cc2)CC1. The summed E-state index contributed by atoms with van der Waals surface area (Å²) in [6, 6.07) is 28.7. The number of ether oxygens (including phenoxy) is 2. The van der Waals surface area contributed by atoms with Gasteiger partial charge in [0.2, 0.25) is 0 Å². The monoisotopic (exact) mass is 565 g/mol. The summed E-state index contributed by atoms with van der Waals surface area (Å²) < 4.78 is 12.2. The highest BCUT2D eigenvalue weighted by atomic mass is 16.5. The number of benzene rings is 3. The number of rotatable bonds is 11. The Morgan fingerprint density at radius 2 is 1.02 bits per heavy atom. The van der Waals surface area contributed by atoms with Crippen LogP contribution >= 0.6 is 0 Å². The zero-order valence-electron chi connectivity index (χ0n) is 25.0. The first kappa shape index (κ1) is 29.8.